The lowest BCUT2D eigenvalue weighted by molar-refractivity contribution is 0.224. The van der Waals surface area contributed by atoms with E-state index in [1.165, 1.54) is 17.7 Å². The molecule has 0 spiro atoms. The van der Waals surface area contributed by atoms with Gasteiger partial charge in [-0.05, 0) is 114 Å². The predicted molar refractivity (Wildman–Crippen MR) is 182 cm³/mol. The SMILES string of the molecule is CCCc1cc(F)cc(C2C=C(CN3CCC(N(Cc4ccnc(-c5cc(F)cc(F)c5)c4)c4ccc(OC)cc4)CC3)C=CN2)c1. The van der Waals surface area contributed by atoms with Crippen molar-refractivity contribution in [1.29, 1.82) is 0 Å². The molecule has 6 rings (SSSR count). The van der Waals surface area contributed by atoms with E-state index in [-0.39, 0.29) is 17.9 Å². The number of dihydropyridines is 1. The van der Waals surface area contributed by atoms with Crippen LogP contribution in [0.5, 0.6) is 5.75 Å². The molecule has 0 amide bonds. The fraction of sp³-hybridized carbons (Fsp3) is 0.308. The molecular formula is C39H41F3N4O. The Morgan fingerprint density at radius 2 is 1.64 bits per heavy atom. The van der Waals surface area contributed by atoms with Crippen LogP contribution in [0.15, 0.2) is 103 Å². The summed E-state index contributed by atoms with van der Waals surface area (Å²) in [7, 11) is 1.66. The van der Waals surface area contributed by atoms with Gasteiger partial charge < -0.3 is 15.0 Å². The highest BCUT2D eigenvalue weighted by Crippen LogP contribution is 2.30. The lowest BCUT2D eigenvalue weighted by atomic mass is 9.97. The van der Waals surface area contributed by atoms with Crippen LogP contribution in [-0.4, -0.2) is 42.7 Å². The van der Waals surface area contributed by atoms with Crippen LogP contribution in [-0.2, 0) is 13.0 Å². The van der Waals surface area contributed by atoms with Gasteiger partial charge in [0.1, 0.15) is 23.2 Å². The number of aromatic nitrogens is 1. The second-order valence-electron chi connectivity index (χ2n) is 12.4. The molecule has 2 aliphatic heterocycles. The highest BCUT2D eigenvalue weighted by Gasteiger charge is 2.26. The fourth-order valence-electron chi connectivity index (χ4n) is 6.64. The zero-order valence-corrected chi connectivity index (χ0v) is 26.9. The molecule has 1 fully saturated rings. The largest absolute Gasteiger partial charge is 0.497 e. The molecule has 4 aromatic rings. The van der Waals surface area contributed by atoms with Crippen molar-refractivity contribution >= 4 is 5.69 Å². The first-order valence-corrected chi connectivity index (χ1v) is 16.3. The topological polar surface area (TPSA) is 40.6 Å². The minimum Gasteiger partial charge on any atom is -0.497 e. The van der Waals surface area contributed by atoms with Gasteiger partial charge >= 0.3 is 0 Å². The minimum atomic E-state index is -0.625. The van der Waals surface area contributed by atoms with Gasteiger partial charge in [-0.2, -0.15) is 0 Å². The van der Waals surface area contributed by atoms with Crippen molar-refractivity contribution in [2.24, 2.45) is 0 Å². The van der Waals surface area contributed by atoms with E-state index in [2.05, 4.69) is 57.4 Å². The van der Waals surface area contributed by atoms with Crippen LogP contribution in [0.25, 0.3) is 11.3 Å². The summed E-state index contributed by atoms with van der Waals surface area (Å²) in [6.07, 6.45) is 11.8. The molecule has 0 radical (unpaired) electrons. The number of likely N-dealkylation sites (tertiary alicyclic amines) is 1. The highest BCUT2D eigenvalue weighted by atomic mass is 19.1. The number of ether oxygens (including phenoxy) is 1. The molecular weight excluding hydrogens is 597 g/mol. The van der Waals surface area contributed by atoms with Gasteiger partial charge in [0.05, 0.1) is 18.8 Å². The van der Waals surface area contributed by atoms with Crippen molar-refractivity contribution in [1.82, 2.24) is 15.2 Å². The van der Waals surface area contributed by atoms with E-state index in [9.17, 15) is 13.2 Å². The molecule has 3 aromatic carbocycles. The average Bonchev–Trinajstić information content (AvgIpc) is 3.07. The summed E-state index contributed by atoms with van der Waals surface area (Å²) in [4.78, 5) is 9.31. The van der Waals surface area contributed by atoms with Crippen molar-refractivity contribution in [2.45, 2.75) is 51.2 Å². The molecule has 5 nitrogen and oxygen atoms in total. The van der Waals surface area contributed by atoms with E-state index in [1.807, 2.05) is 30.5 Å². The molecule has 2 aliphatic rings. The summed E-state index contributed by atoms with van der Waals surface area (Å²) in [5.74, 6) is -0.642. The Bertz CT molecular complexity index is 1710. The van der Waals surface area contributed by atoms with Crippen LogP contribution in [0.1, 0.15) is 48.9 Å². The highest BCUT2D eigenvalue weighted by molar-refractivity contribution is 5.60. The van der Waals surface area contributed by atoms with Gasteiger partial charge in [-0.25, -0.2) is 13.2 Å². The predicted octanol–water partition coefficient (Wildman–Crippen LogP) is 8.38. The standard InChI is InChI=1S/C39H41F3N4O/c1-3-4-27-17-30(21-32(40)18-27)38-19-28(9-13-43-38)25-45-15-11-36(12-16-45)46(35-5-7-37(47-2)8-6-35)26-29-10-14-44-39(20-29)31-22-33(41)24-34(42)23-31/h5-10,13-14,17-24,36,38,43H,3-4,11-12,15-16,25-26H2,1-2H3. The number of methoxy groups -OCH3 is 1. The third kappa shape index (κ3) is 8.24. The number of piperidine rings is 1. The third-order valence-electron chi connectivity index (χ3n) is 8.98. The number of pyridine rings is 1. The second-order valence-corrected chi connectivity index (χ2v) is 12.4. The van der Waals surface area contributed by atoms with Gasteiger partial charge in [-0.1, -0.05) is 25.5 Å². The van der Waals surface area contributed by atoms with E-state index < -0.39 is 11.6 Å². The molecule has 0 aliphatic carbocycles. The molecule has 1 atom stereocenters. The molecule has 8 heteroatoms. The van der Waals surface area contributed by atoms with Crippen LogP contribution in [0.2, 0.25) is 0 Å². The third-order valence-corrected chi connectivity index (χ3v) is 8.98. The summed E-state index contributed by atoms with van der Waals surface area (Å²) in [5, 5.41) is 3.39. The molecule has 0 bridgehead atoms. The summed E-state index contributed by atoms with van der Waals surface area (Å²) in [5.41, 5.74) is 6.24. The molecule has 47 heavy (non-hydrogen) atoms. The quantitative estimate of drug-likeness (QED) is 0.179. The van der Waals surface area contributed by atoms with Crippen LogP contribution >= 0.6 is 0 Å². The van der Waals surface area contributed by atoms with Gasteiger partial charge in [0.2, 0.25) is 0 Å². The Hall–Kier alpha value is -4.56. The number of benzene rings is 3. The van der Waals surface area contributed by atoms with E-state index in [4.69, 9.17) is 4.74 Å². The van der Waals surface area contributed by atoms with Crippen LogP contribution in [0.4, 0.5) is 18.9 Å². The molecule has 1 unspecified atom stereocenters. The van der Waals surface area contributed by atoms with Crippen LogP contribution < -0.4 is 15.0 Å². The van der Waals surface area contributed by atoms with Crippen molar-refractivity contribution in [3.8, 4) is 17.0 Å². The molecule has 3 heterocycles. The van der Waals surface area contributed by atoms with Gasteiger partial charge in [-0.15, -0.1) is 0 Å². The van der Waals surface area contributed by atoms with Crippen molar-refractivity contribution in [3.05, 3.63) is 137 Å². The van der Waals surface area contributed by atoms with E-state index >= 15 is 0 Å². The van der Waals surface area contributed by atoms with Crippen molar-refractivity contribution in [3.63, 3.8) is 0 Å². The van der Waals surface area contributed by atoms with Crippen LogP contribution in [0.3, 0.4) is 0 Å². The monoisotopic (exact) mass is 638 g/mol. The van der Waals surface area contributed by atoms with Gasteiger partial charge in [0, 0.05) is 55.7 Å². The summed E-state index contributed by atoms with van der Waals surface area (Å²) in [6.45, 7) is 5.44. The normalized spacial score (nSPS) is 16.9. The Morgan fingerprint density at radius 1 is 0.894 bits per heavy atom. The Morgan fingerprint density at radius 3 is 2.36 bits per heavy atom. The Kier molecular flexibility index (Phi) is 10.3. The molecule has 1 N–H and O–H groups in total. The van der Waals surface area contributed by atoms with E-state index in [0.29, 0.717) is 17.8 Å². The number of hydrogen-bond donors (Lipinski definition) is 1. The molecule has 1 saturated heterocycles. The smallest absolute Gasteiger partial charge is 0.126 e. The fourth-order valence-corrected chi connectivity index (χ4v) is 6.64. The maximum atomic E-state index is 14.4. The van der Waals surface area contributed by atoms with Crippen molar-refractivity contribution in [2.75, 3.05) is 31.6 Å². The number of nitrogens with zero attached hydrogens (tertiary/aromatic N) is 3. The summed E-state index contributed by atoms with van der Waals surface area (Å²) in [6, 6.07) is 21.1. The number of nitrogens with one attached hydrogen (secondary N) is 1. The average molecular weight is 639 g/mol. The molecule has 1 aromatic heterocycles. The van der Waals surface area contributed by atoms with Gasteiger partial charge in [-0.3, -0.25) is 9.88 Å². The number of halogens is 3. The Labute approximate surface area is 275 Å². The van der Waals surface area contributed by atoms with Gasteiger partial charge in [0.15, 0.2) is 0 Å². The minimum absolute atomic E-state index is 0.0569. The van der Waals surface area contributed by atoms with Crippen molar-refractivity contribution < 1.29 is 17.9 Å². The zero-order valence-electron chi connectivity index (χ0n) is 26.9. The first-order chi connectivity index (χ1) is 22.9. The summed E-state index contributed by atoms with van der Waals surface area (Å²) < 4.78 is 47.7. The van der Waals surface area contributed by atoms with Crippen LogP contribution in [0, 0.1) is 17.5 Å². The first-order valence-electron chi connectivity index (χ1n) is 16.3. The number of anilines is 1. The van der Waals surface area contributed by atoms with E-state index in [0.717, 1.165) is 79.5 Å². The number of hydrogen-bond acceptors (Lipinski definition) is 5. The number of aryl methyl sites for hydroxylation is 1. The van der Waals surface area contributed by atoms with Gasteiger partial charge in [0.25, 0.3) is 0 Å². The van der Waals surface area contributed by atoms with E-state index in [1.54, 1.807) is 25.4 Å². The summed E-state index contributed by atoms with van der Waals surface area (Å²) >= 11 is 0. The maximum Gasteiger partial charge on any atom is 0.126 e. The lowest BCUT2D eigenvalue weighted by Gasteiger charge is -2.40. The second kappa shape index (κ2) is 14.9. The molecule has 244 valence electrons. The Balaban J connectivity index is 1.16. The zero-order chi connectivity index (χ0) is 32.8. The molecule has 0 saturated carbocycles. The maximum absolute atomic E-state index is 14.4. The lowest BCUT2D eigenvalue weighted by Crippen LogP contribution is -2.45. The number of rotatable bonds is 11. The first kappa shape index (κ1) is 32.4.